The predicted molar refractivity (Wildman–Crippen MR) is 162 cm³/mol. The van der Waals surface area contributed by atoms with Crippen LogP contribution in [0.1, 0.15) is 128 Å². The fraction of sp³-hybridized carbons (Fsp3) is 0.879. The molecule has 0 radical (unpaired) electrons. The normalized spacial score (nSPS) is 24.6. The Balaban J connectivity index is 1.53. The standard InChI is InChI=1S/C33H56N4O5/c1-37(29(33(41)42)25-20-12-5-13-21-25)32(40)28(24-18-10-4-11-19-24)36-31(39)27(23-16-8-3-9-17-23)35-30(38)26(34)22-14-6-2-7-15-22/h22-29H,2-21,34H2,1H3,(H,35,38)(H,36,39)(H,41,42)/t26-,27-,28-,29-/m1/s1. The molecule has 0 aliphatic heterocycles. The number of aliphatic carboxylic acids is 1. The Labute approximate surface area is 252 Å². The van der Waals surface area contributed by atoms with Crippen LogP contribution >= 0.6 is 0 Å². The molecule has 0 saturated heterocycles. The van der Waals surface area contributed by atoms with E-state index in [1.807, 2.05) is 0 Å². The highest BCUT2D eigenvalue weighted by Gasteiger charge is 2.42. The summed E-state index contributed by atoms with van der Waals surface area (Å²) >= 11 is 0. The molecule has 9 heteroatoms. The van der Waals surface area contributed by atoms with Gasteiger partial charge in [0.15, 0.2) is 0 Å². The molecule has 0 aromatic rings. The van der Waals surface area contributed by atoms with Gasteiger partial charge in [-0.2, -0.15) is 0 Å². The van der Waals surface area contributed by atoms with Crippen molar-refractivity contribution in [2.24, 2.45) is 29.4 Å². The summed E-state index contributed by atoms with van der Waals surface area (Å²) in [5.41, 5.74) is 6.45. The number of nitrogens with zero attached hydrogens (tertiary/aromatic N) is 1. The van der Waals surface area contributed by atoms with E-state index in [4.69, 9.17) is 5.73 Å². The van der Waals surface area contributed by atoms with Crippen molar-refractivity contribution in [1.82, 2.24) is 15.5 Å². The lowest BCUT2D eigenvalue weighted by molar-refractivity contribution is -0.154. The van der Waals surface area contributed by atoms with Crippen molar-refractivity contribution >= 4 is 23.7 Å². The second kappa shape index (κ2) is 16.1. The lowest BCUT2D eigenvalue weighted by Crippen LogP contribution is -2.61. The second-order valence-electron chi connectivity index (χ2n) is 13.8. The quantitative estimate of drug-likeness (QED) is 0.280. The Kier molecular flexibility index (Phi) is 12.5. The molecule has 0 aromatic carbocycles. The summed E-state index contributed by atoms with van der Waals surface area (Å²) in [7, 11) is 1.60. The van der Waals surface area contributed by atoms with Crippen LogP contribution in [0.2, 0.25) is 0 Å². The smallest absolute Gasteiger partial charge is 0.326 e. The molecule has 4 fully saturated rings. The molecule has 4 rings (SSSR count). The summed E-state index contributed by atoms with van der Waals surface area (Å²) in [4.78, 5) is 55.5. The van der Waals surface area contributed by atoms with Crippen molar-refractivity contribution in [3.63, 3.8) is 0 Å². The third kappa shape index (κ3) is 8.48. The monoisotopic (exact) mass is 588 g/mol. The SMILES string of the molecule is CN(C(=O)[C@H](NC(=O)[C@H](NC(=O)[C@H](N)C1CCCCC1)C1CCCCC1)C1CCCCC1)[C@@H](C(=O)O)C1CCCCC1. The number of nitrogens with two attached hydrogens (primary N) is 1. The summed E-state index contributed by atoms with van der Waals surface area (Å²) < 4.78 is 0. The molecule has 9 nitrogen and oxygen atoms in total. The fourth-order valence-electron chi connectivity index (χ4n) is 8.40. The van der Waals surface area contributed by atoms with E-state index < -0.39 is 30.1 Å². The Hall–Kier alpha value is -2.16. The van der Waals surface area contributed by atoms with Gasteiger partial charge in [0.2, 0.25) is 17.7 Å². The Bertz CT molecular complexity index is 904. The maximum atomic E-state index is 14.1. The average Bonchev–Trinajstić information content (AvgIpc) is 3.03. The molecule has 42 heavy (non-hydrogen) atoms. The number of carboxylic acids is 1. The van der Waals surface area contributed by atoms with Crippen molar-refractivity contribution in [1.29, 1.82) is 0 Å². The molecular weight excluding hydrogens is 532 g/mol. The molecule has 5 N–H and O–H groups in total. The zero-order valence-corrected chi connectivity index (χ0v) is 25.9. The average molecular weight is 589 g/mol. The van der Waals surface area contributed by atoms with E-state index in [1.165, 1.54) is 11.3 Å². The molecule has 4 saturated carbocycles. The van der Waals surface area contributed by atoms with Crippen molar-refractivity contribution in [2.75, 3.05) is 7.05 Å². The molecule has 0 bridgehead atoms. The first kappa shape index (κ1) is 32.7. The van der Waals surface area contributed by atoms with Gasteiger partial charge in [0, 0.05) is 7.05 Å². The zero-order chi connectivity index (χ0) is 30.1. The van der Waals surface area contributed by atoms with Crippen LogP contribution in [0.3, 0.4) is 0 Å². The summed E-state index contributed by atoms with van der Waals surface area (Å²) in [6, 6.07) is -3.09. The van der Waals surface area contributed by atoms with Crippen LogP contribution in [-0.4, -0.2) is 64.9 Å². The highest BCUT2D eigenvalue weighted by Crippen LogP contribution is 2.33. The number of carbonyl (C=O) groups is 4. The van der Waals surface area contributed by atoms with Gasteiger partial charge in [-0.1, -0.05) is 77.0 Å². The molecule has 0 unspecified atom stereocenters. The van der Waals surface area contributed by atoms with Crippen LogP contribution in [0.5, 0.6) is 0 Å². The topological polar surface area (TPSA) is 142 Å². The molecule has 4 aliphatic rings. The molecule has 4 atom stereocenters. The van der Waals surface area contributed by atoms with Crippen LogP contribution in [-0.2, 0) is 19.2 Å². The van der Waals surface area contributed by atoms with E-state index >= 15 is 0 Å². The number of likely N-dealkylation sites (N-methyl/N-ethyl adjacent to an activating group) is 1. The molecule has 0 aromatic heterocycles. The van der Waals surface area contributed by atoms with Gasteiger partial charge in [-0.05, 0) is 75.0 Å². The zero-order valence-electron chi connectivity index (χ0n) is 25.9. The number of hydrogen-bond acceptors (Lipinski definition) is 5. The van der Waals surface area contributed by atoms with Gasteiger partial charge < -0.3 is 26.4 Å². The van der Waals surface area contributed by atoms with Crippen LogP contribution in [0.25, 0.3) is 0 Å². The minimum Gasteiger partial charge on any atom is -0.480 e. The van der Waals surface area contributed by atoms with Crippen molar-refractivity contribution in [2.45, 2.75) is 153 Å². The molecule has 0 heterocycles. The van der Waals surface area contributed by atoms with Crippen LogP contribution in [0.4, 0.5) is 0 Å². The molecule has 238 valence electrons. The minimum atomic E-state index is -0.976. The maximum absolute atomic E-state index is 14.1. The lowest BCUT2D eigenvalue weighted by atomic mass is 9.80. The van der Waals surface area contributed by atoms with Crippen LogP contribution in [0, 0.1) is 23.7 Å². The Morgan fingerprint density at radius 2 is 0.976 bits per heavy atom. The number of carboxylic acid groups (broad SMARTS) is 1. The van der Waals surface area contributed by atoms with E-state index in [1.54, 1.807) is 7.05 Å². The maximum Gasteiger partial charge on any atom is 0.326 e. The van der Waals surface area contributed by atoms with Gasteiger partial charge in [-0.25, -0.2) is 4.79 Å². The van der Waals surface area contributed by atoms with E-state index in [0.29, 0.717) is 0 Å². The molecule has 3 amide bonds. The molecular formula is C33H56N4O5. The Morgan fingerprint density at radius 1 is 0.595 bits per heavy atom. The van der Waals surface area contributed by atoms with Crippen molar-refractivity contribution < 1.29 is 24.3 Å². The van der Waals surface area contributed by atoms with Crippen molar-refractivity contribution in [3.8, 4) is 0 Å². The number of hydrogen-bond donors (Lipinski definition) is 4. The van der Waals surface area contributed by atoms with Gasteiger partial charge in [-0.3, -0.25) is 14.4 Å². The largest absolute Gasteiger partial charge is 0.480 e. The fourth-order valence-corrected chi connectivity index (χ4v) is 8.40. The minimum absolute atomic E-state index is 0.00454. The third-order valence-corrected chi connectivity index (χ3v) is 11.0. The summed E-state index contributed by atoms with van der Waals surface area (Å²) in [6.07, 6.45) is 19.4. The Morgan fingerprint density at radius 3 is 1.43 bits per heavy atom. The van der Waals surface area contributed by atoms with Gasteiger partial charge in [0.05, 0.1) is 6.04 Å². The first-order chi connectivity index (χ1) is 20.3. The van der Waals surface area contributed by atoms with E-state index in [9.17, 15) is 24.3 Å². The first-order valence-corrected chi connectivity index (χ1v) is 17.1. The number of rotatable bonds is 11. The van der Waals surface area contributed by atoms with Crippen molar-refractivity contribution in [3.05, 3.63) is 0 Å². The van der Waals surface area contributed by atoms with E-state index in [0.717, 1.165) is 122 Å². The lowest BCUT2D eigenvalue weighted by Gasteiger charge is -2.39. The molecule has 4 aliphatic carbocycles. The predicted octanol–water partition coefficient (Wildman–Crippen LogP) is 4.52. The highest BCUT2D eigenvalue weighted by molar-refractivity contribution is 5.94. The highest BCUT2D eigenvalue weighted by atomic mass is 16.4. The third-order valence-electron chi connectivity index (χ3n) is 11.0. The summed E-state index contributed by atoms with van der Waals surface area (Å²) in [5, 5.41) is 16.4. The van der Waals surface area contributed by atoms with E-state index in [2.05, 4.69) is 10.6 Å². The van der Waals surface area contributed by atoms with Gasteiger partial charge in [-0.15, -0.1) is 0 Å². The van der Waals surface area contributed by atoms with Crippen LogP contribution in [0.15, 0.2) is 0 Å². The van der Waals surface area contributed by atoms with Crippen LogP contribution < -0.4 is 16.4 Å². The van der Waals surface area contributed by atoms with Gasteiger partial charge in [0.25, 0.3) is 0 Å². The molecule has 0 spiro atoms. The van der Waals surface area contributed by atoms with Gasteiger partial charge in [0.1, 0.15) is 18.1 Å². The van der Waals surface area contributed by atoms with E-state index in [-0.39, 0.29) is 41.4 Å². The number of nitrogens with one attached hydrogen (secondary N) is 2. The number of amides is 3. The van der Waals surface area contributed by atoms with Gasteiger partial charge >= 0.3 is 5.97 Å². The first-order valence-electron chi connectivity index (χ1n) is 17.1. The summed E-state index contributed by atoms with van der Waals surface area (Å²) in [6.45, 7) is 0. The summed E-state index contributed by atoms with van der Waals surface area (Å²) in [5.74, 6) is -1.89. The second-order valence-corrected chi connectivity index (χ2v) is 13.8. The number of carbonyl (C=O) groups excluding carboxylic acids is 3.